The highest BCUT2D eigenvalue weighted by Gasteiger charge is 2.17. The van der Waals surface area contributed by atoms with E-state index in [0.717, 1.165) is 31.7 Å². The molecule has 0 saturated carbocycles. The molecule has 2 heterocycles. The molecule has 2 aromatic carbocycles. The summed E-state index contributed by atoms with van der Waals surface area (Å²) < 4.78 is 20.0. The Morgan fingerprint density at radius 3 is 2.83 bits per heavy atom. The molecule has 0 radical (unpaired) electrons. The van der Waals surface area contributed by atoms with Crippen LogP contribution in [0.2, 0.25) is 5.02 Å². The van der Waals surface area contributed by atoms with Gasteiger partial charge in [0.1, 0.15) is 17.9 Å². The van der Waals surface area contributed by atoms with Gasteiger partial charge in [0, 0.05) is 36.7 Å². The van der Waals surface area contributed by atoms with Crippen LogP contribution in [0.4, 0.5) is 15.9 Å². The Bertz CT molecular complexity index is 1190. The quantitative estimate of drug-likeness (QED) is 0.389. The second-order valence-corrected chi connectivity index (χ2v) is 8.98. The molecular weight excluding hydrogens is 471 g/mol. The van der Waals surface area contributed by atoms with Gasteiger partial charge in [-0.05, 0) is 51.1 Å². The molecule has 3 aromatic rings. The van der Waals surface area contributed by atoms with Gasteiger partial charge in [-0.15, -0.1) is 0 Å². The molecule has 1 amide bonds. The lowest BCUT2D eigenvalue weighted by Crippen LogP contribution is -2.44. The number of rotatable bonds is 10. The molecule has 1 fully saturated rings. The average Bonchev–Trinajstić information content (AvgIpc) is 3.38. The predicted molar refractivity (Wildman–Crippen MR) is 136 cm³/mol. The van der Waals surface area contributed by atoms with Crippen LogP contribution in [-0.2, 0) is 11.3 Å². The van der Waals surface area contributed by atoms with Crippen LogP contribution in [0.1, 0.15) is 25.3 Å². The number of methoxy groups -OCH3 is 1. The summed E-state index contributed by atoms with van der Waals surface area (Å²) in [4.78, 5) is 23.7. The van der Waals surface area contributed by atoms with E-state index in [1.807, 2.05) is 13.0 Å². The van der Waals surface area contributed by atoms with Gasteiger partial charge in [-0.1, -0.05) is 17.7 Å². The van der Waals surface area contributed by atoms with Crippen molar-refractivity contribution in [2.45, 2.75) is 32.4 Å². The number of hydrogen-bond acceptors (Lipinski definition) is 7. The molecule has 0 spiro atoms. The number of likely N-dealkylation sites (tertiary alicyclic amines) is 1. The SMILES string of the molecule is COc1cc2ncnc(Nc3cccc(Cl)c3F)c2cc1CNC(=O)[C@@H](C)NCCN1CCCC1. The van der Waals surface area contributed by atoms with E-state index in [4.69, 9.17) is 16.3 Å². The summed E-state index contributed by atoms with van der Waals surface area (Å²) >= 11 is 5.91. The fourth-order valence-corrected chi connectivity index (χ4v) is 4.33. The third-order valence-electron chi connectivity index (χ3n) is 6.17. The molecular formula is C25H30ClFN6O2. The minimum Gasteiger partial charge on any atom is -0.496 e. The first kappa shape index (κ1) is 25.1. The number of nitrogens with zero attached hydrogens (tertiary/aromatic N) is 3. The molecule has 8 nitrogen and oxygen atoms in total. The van der Waals surface area contributed by atoms with E-state index < -0.39 is 5.82 Å². The lowest BCUT2D eigenvalue weighted by Gasteiger charge is -2.18. The second-order valence-electron chi connectivity index (χ2n) is 8.57. The maximum absolute atomic E-state index is 14.4. The van der Waals surface area contributed by atoms with E-state index in [1.54, 1.807) is 25.3 Å². The largest absolute Gasteiger partial charge is 0.496 e. The van der Waals surface area contributed by atoms with E-state index in [0.29, 0.717) is 22.5 Å². The summed E-state index contributed by atoms with van der Waals surface area (Å²) in [5.74, 6) is 0.347. The number of amides is 1. The molecule has 10 heteroatoms. The summed E-state index contributed by atoms with van der Waals surface area (Å²) in [6.07, 6.45) is 3.89. The van der Waals surface area contributed by atoms with E-state index >= 15 is 0 Å². The standard InChI is InChI=1S/C25H30ClFN6O2/c1-16(28-8-11-33-9-3-4-10-33)25(34)29-14-17-12-18-21(13-22(17)35-2)30-15-31-24(18)32-20-7-5-6-19(26)23(20)27/h5-7,12-13,15-16,28H,3-4,8-11,14H2,1-2H3,(H,29,34)(H,30,31,32)/t16-/m1/s1. The van der Waals surface area contributed by atoms with Crippen molar-refractivity contribution in [3.8, 4) is 5.75 Å². The van der Waals surface area contributed by atoms with Crippen molar-refractivity contribution >= 4 is 39.9 Å². The van der Waals surface area contributed by atoms with Crippen molar-refractivity contribution in [2.75, 3.05) is 38.6 Å². The van der Waals surface area contributed by atoms with E-state index in [1.165, 1.54) is 25.2 Å². The van der Waals surface area contributed by atoms with Gasteiger partial charge < -0.3 is 25.6 Å². The summed E-state index contributed by atoms with van der Waals surface area (Å²) in [5.41, 5.74) is 1.58. The lowest BCUT2D eigenvalue weighted by molar-refractivity contribution is -0.122. The number of aromatic nitrogens is 2. The Labute approximate surface area is 209 Å². The number of carbonyl (C=O) groups excluding carboxylic acids is 1. The predicted octanol–water partition coefficient (Wildman–Crippen LogP) is 3.86. The minimum atomic E-state index is -0.562. The first-order chi connectivity index (χ1) is 17.0. The van der Waals surface area contributed by atoms with Crippen LogP contribution >= 0.6 is 11.6 Å². The van der Waals surface area contributed by atoms with Crippen molar-refractivity contribution in [1.29, 1.82) is 0 Å². The molecule has 35 heavy (non-hydrogen) atoms. The molecule has 0 unspecified atom stereocenters. The Morgan fingerprint density at radius 1 is 1.26 bits per heavy atom. The maximum Gasteiger partial charge on any atom is 0.237 e. The van der Waals surface area contributed by atoms with Crippen molar-refractivity contribution in [3.63, 3.8) is 0 Å². The van der Waals surface area contributed by atoms with Crippen LogP contribution in [0.25, 0.3) is 10.9 Å². The fourth-order valence-electron chi connectivity index (χ4n) is 4.16. The van der Waals surface area contributed by atoms with Gasteiger partial charge in [-0.25, -0.2) is 14.4 Å². The number of benzene rings is 2. The Kier molecular flexibility index (Phi) is 8.33. The molecule has 1 aliphatic rings. The maximum atomic E-state index is 14.4. The molecule has 1 saturated heterocycles. The number of nitrogens with one attached hydrogen (secondary N) is 3. The molecule has 3 N–H and O–H groups in total. The summed E-state index contributed by atoms with van der Waals surface area (Å²) in [6, 6.07) is 8.00. The third kappa shape index (κ3) is 6.17. The van der Waals surface area contributed by atoms with Crippen molar-refractivity contribution in [2.24, 2.45) is 0 Å². The van der Waals surface area contributed by atoms with E-state index in [9.17, 15) is 9.18 Å². The fraction of sp³-hybridized carbons (Fsp3) is 0.400. The number of halogens is 2. The van der Waals surface area contributed by atoms with Crippen LogP contribution in [0, 0.1) is 5.82 Å². The van der Waals surface area contributed by atoms with E-state index in [-0.39, 0.29) is 29.2 Å². The van der Waals surface area contributed by atoms with Crippen molar-refractivity contribution < 1.29 is 13.9 Å². The van der Waals surface area contributed by atoms with Gasteiger partial charge in [0.05, 0.1) is 29.4 Å². The lowest BCUT2D eigenvalue weighted by atomic mass is 10.1. The van der Waals surface area contributed by atoms with Crippen molar-refractivity contribution in [3.05, 3.63) is 53.1 Å². The monoisotopic (exact) mass is 500 g/mol. The van der Waals surface area contributed by atoms with Crippen LogP contribution in [0.15, 0.2) is 36.7 Å². The first-order valence-electron chi connectivity index (χ1n) is 11.7. The van der Waals surface area contributed by atoms with Gasteiger partial charge in [0.25, 0.3) is 0 Å². The normalized spacial score (nSPS) is 14.7. The number of ether oxygens (including phenoxy) is 1. The highest BCUT2D eigenvalue weighted by atomic mass is 35.5. The summed E-state index contributed by atoms with van der Waals surface area (Å²) in [7, 11) is 1.57. The highest BCUT2D eigenvalue weighted by Crippen LogP contribution is 2.31. The molecule has 0 bridgehead atoms. The summed E-state index contributed by atoms with van der Waals surface area (Å²) in [5, 5.41) is 9.93. The molecule has 1 atom stereocenters. The zero-order valence-corrected chi connectivity index (χ0v) is 20.7. The van der Waals surface area contributed by atoms with E-state index in [2.05, 4.69) is 30.8 Å². The second kappa shape index (κ2) is 11.6. The van der Waals surface area contributed by atoms with Gasteiger partial charge in [0.15, 0.2) is 5.82 Å². The average molecular weight is 501 g/mol. The third-order valence-corrected chi connectivity index (χ3v) is 6.46. The number of anilines is 2. The highest BCUT2D eigenvalue weighted by molar-refractivity contribution is 6.31. The Morgan fingerprint density at radius 2 is 2.06 bits per heavy atom. The first-order valence-corrected chi connectivity index (χ1v) is 12.1. The molecule has 186 valence electrons. The zero-order valence-electron chi connectivity index (χ0n) is 19.9. The van der Waals surface area contributed by atoms with Crippen LogP contribution in [0.3, 0.4) is 0 Å². The number of hydrogen-bond donors (Lipinski definition) is 3. The zero-order chi connectivity index (χ0) is 24.8. The van der Waals surface area contributed by atoms with Crippen molar-refractivity contribution in [1.82, 2.24) is 25.5 Å². The Hall–Kier alpha value is -3.01. The van der Waals surface area contributed by atoms with Gasteiger partial charge in [-0.2, -0.15) is 0 Å². The van der Waals surface area contributed by atoms with Crippen LogP contribution in [-0.4, -0.2) is 60.1 Å². The van der Waals surface area contributed by atoms with Crippen LogP contribution in [0.5, 0.6) is 5.75 Å². The smallest absolute Gasteiger partial charge is 0.237 e. The number of carbonyl (C=O) groups is 1. The Balaban J connectivity index is 1.46. The van der Waals surface area contributed by atoms with Gasteiger partial charge in [-0.3, -0.25) is 4.79 Å². The topological polar surface area (TPSA) is 91.4 Å². The number of fused-ring (bicyclic) bond motifs is 1. The van der Waals surface area contributed by atoms with Gasteiger partial charge >= 0.3 is 0 Å². The molecule has 0 aliphatic carbocycles. The molecule has 1 aliphatic heterocycles. The summed E-state index contributed by atoms with van der Waals surface area (Å²) in [6.45, 7) is 6.09. The molecule has 4 rings (SSSR count). The van der Waals surface area contributed by atoms with Gasteiger partial charge in [0.2, 0.25) is 5.91 Å². The van der Waals surface area contributed by atoms with Crippen LogP contribution < -0.4 is 20.7 Å². The molecule has 1 aromatic heterocycles. The minimum absolute atomic E-state index is 0.0154.